The number of benzene rings is 2. The average Bonchev–Trinajstić information content (AvgIpc) is 3.07. The number of carbonyl (C=O) groups excluding carboxylic acids is 1. The summed E-state index contributed by atoms with van der Waals surface area (Å²) >= 11 is 12.0. The van der Waals surface area contributed by atoms with Crippen LogP contribution in [-0.4, -0.2) is 52.7 Å². The van der Waals surface area contributed by atoms with Crippen molar-refractivity contribution < 1.29 is 9.53 Å². The lowest BCUT2D eigenvalue weighted by molar-refractivity contribution is 0.0172. The van der Waals surface area contributed by atoms with E-state index in [1.807, 2.05) is 24.3 Å². The van der Waals surface area contributed by atoms with Gasteiger partial charge >= 0.3 is 0 Å². The van der Waals surface area contributed by atoms with Crippen LogP contribution in [0.4, 0.5) is 5.95 Å². The van der Waals surface area contributed by atoms with Crippen molar-refractivity contribution in [3.05, 3.63) is 58.1 Å². The van der Waals surface area contributed by atoms with Crippen LogP contribution < -0.4 is 5.32 Å². The van der Waals surface area contributed by atoms with Gasteiger partial charge < -0.3 is 9.30 Å². The zero-order valence-corrected chi connectivity index (χ0v) is 17.6. The molecule has 1 atom stereocenters. The van der Waals surface area contributed by atoms with Crippen LogP contribution in [0.3, 0.4) is 0 Å². The third-order valence-electron chi connectivity index (χ3n) is 5.18. The highest BCUT2D eigenvalue weighted by atomic mass is 35.5. The fourth-order valence-electron chi connectivity index (χ4n) is 3.56. The Labute approximate surface area is 179 Å². The lowest BCUT2D eigenvalue weighted by Crippen LogP contribution is -2.44. The van der Waals surface area contributed by atoms with Crippen molar-refractivity contribution in [1.82, 2.24) is 14.5 Å². The predicted molar refractivity (Wildman–Crippen MR) is 116 cm³/mol. The third-order valence-corrected chi connectivity index (χ3v) is 5.92. The molecule has 0 radical (unpaired) electrons. The fraction of sp³-hybridized carbons (Fsp3) is 0.333. The van der Waals surface area contributed by atoms with E-state index < -0.39 is 0 Å². The molecule has 1 N–H and O–H groups in total. The summed E-state index contributed by atoms with van der Waals surface area (Å²) in [6.07, 6.45) is 0. The Morgan fingerprint density at radius 1 is 1.17 bits per heavy atom. The Hall–Kier alpha value is -2.12. The second-order valence-electron chi connectivity index (χ2n) is 7.12. The highest BCUT2D eigenvalue weighted by Gasteiger charge is 2.21. The van der Waals surface area contributed by atoms with Crippen molar-refractivity contribution in [3.8, 4) is 0 Å². The second-order valence-corrected chi connectivity index (χ2v) is 7.93. The summed E-state index contributed by atoms with van der Waals surface area (Å²) in [5.41, 5.74) is 2.25. The maximum Gasteiger partial charge on any atom is 0.258 e. The zero-order chi connectivity index (χ0) is 20.4. The van der Waals surface area contributed by atoms with Crippen molar-refractivity contribution in [3.63, 3.8) is 0 Å². The van der Waals surface area contributed by atoms with Crippen LogP contribution in [0.2, 0.25) is 10.0 Å². The summed E-state index contributed by atoms with van der Waals surface area (Å²) < 4.78 is 7.52. The van der Waals surface area contributed by atoms with E-state index in [0.29, 0.717) is 28.1 Å². The van der Waals surface area contributed by atoms with Crippen LogP contribution in [0.15, 0.2) is 42.5 Å². The van der Waals surface area contributed by atoms with Gasteiger partial charge in [-0.2, -0.15) is 0 Å². The number of aromatic nitrogens is 2. The van der Waals surface area contributed by atoms with Crippen molar-refractivity contribution in [2.75, 3.05) is 31.6 Å². The van der Waals surface area contributed by atoms with E-state index in [2.05, 4.69) is 26.7 Å². The Kier molecular flexibility index (Phi) is 6.06. The highest BCUT2D eigenvalue weighted by Crippen LogP contribution is 2.25. The Balaban J connectivity index is 1.62. The van der Waals surface area contributed by atoms with E-state index in [-0.39, 0.29) is 11.9 Å². The Bertz CT molecular complexity index is 1030. The van der Waals surface area contributed by atoms with Gasteiger partial charge in [0.05, 0.1) is 34.3 Å². The molecule has 6 nitrogen and oxygen atoms in total. The van der Waals surface area contributed by atoms with Crippen molar-refractivity contribution in [2.24, 2.45) is 0 Å². The molecule has 1 aromatic heterocycles. The number of nitrogens with one attached hydrogen (secondary N) is 1. The van der Waals surface area contributed by atoms with Gasteiger partial charge in [-0.25, -0.2) is 4.98 Å². The molecular formula is C21H22Cl2N4O2. The third kappa shape index (κ3) is 4.41. The molecule has 1 unspecified atom stereocenters. The molecule has 1 amide bonds. The molecule has 8 heteroatoms. The number of para-hydroxylation sites is 2. The van der Waals surface area contributed by atoms with Gasteiger partial charge in [-0.15, -0.1) is 0 Å². The molecule has 29 heavy (non-hydrogen) atoms. The van der Waals surface area contributed by atoms with Gasteiger partial charge in [0.15, 0.2) is 0 Å². The predicted octanol–water partition coefficient (Wildman–Crippen LogP) is 4.32. The fourth-order valence-corrected chi connectivity index (χ4v) is 3.86. The van der Waals surface area contributed by atoms with Crippen LogP contribution in [0.25, 0.3) is 11.0 Å². The van der Waals surface area contributed by atoms with E-state index in [1.54, 1.807) is 18.2 Å². The number of fused-ring (bicyclic) bond motifs is 1. The number of carbonyl (C=O) groups is 1. The molecule has 3 aromatic rings. The molecule has 1 fully saturated rings. The molecule has 2 heterocycles. The van der Waals surface area contributed by atoms with Crippen molar-refractivity contribution in [2.45, 2.75) is 19.5 Å². The van der Waals surface area contributed by atoms with Crippen LogP contribution in [0.5, 0.6) is 0 Å². The number of halogens is 2. The monoisotopic (exact) mass is 432 g/mol. The lowest BCUT2D eigenvalue weighted by Gasteiger charge is -2.32. The largest absolute Gasteiger partial charge is 0.379 e. The summed E-state index contributed by atoms with van der Waals surface area (Å²) in [7, 11) is 0. The number of nitrogens with zero attached hydrogens (tertiary/aromatic N) is 3. The minimum atomic E-state index is -0.279. The molecule has 1 aliphatic rings. The van der Waals surface area contributed by atoms with E-state index >= 15 is 0 Å². The Morgan fingerprint density at radius 2 is 1.93 bits per heavy atom. The Morgan fingerprint density at radius 3 is 2.69 bits per heavy atom. The number of hydrogen-bond acceptors (Lipinski definition) is 4. The van der Waals surface area contributed by atoms with Gasteiger partial charge in [0.25, 0.3) is 5.91 Å². The van der Waals surface area contributed by atoms with E-state index in [0.717, 1.165) is 37.3 Å². The summed E-state index contributed by atoms with van der Waals surface area (Å²) in [4.78, 5) is 19.8. The first kappa shape index (κ1) is 20.2. The number of hydrogen-bond donors (Lipinski definition) is 1. The summed E-state index contributed by atoms with van der Waals surface area (Å²) in [5, 5.41) is 3.69. The van der Waals surface area contributed by atoms with Crippen LogP contribution in [-0.2, 0) is 11.3 Å². The van der Waals surface area contributed by atoms with E-state index in [9.17, 15) is 4.79 Å². The average molecular weight is 433 g/mol. The molecule has 0 aliphatic carbocycles. The number of imidazole rings is 1. The normalized spacial score (nSPS) is 16.1. The summed E-state index contributed by atoms with van der Waals surface area (Å²) in [5.74, 6) is 0.238. The second kappa shape index (κ2) is 8.71. The highest BCUT2D eigenvalue weighted by molar-refractivity contribution is 6.42. The molecule has 152 valence electrons. The summed E-state index contributed by atoms with van der Waals surface area (Å²) in [6.45, 7) is 6.19. The molecule has 0 saturated carbocycles. The molecule has 2 aromatic carbocycles. The van der Waals surface area contributed by atoms with Crippen LogP contribution in [0, 0.1) is 0 Å². The number of rotatable bonds is 5. The van der Waals surface area contributed by atoms with Gasteiger partial charge in [-0.1, -0.05) is 35.3 Å². The first-order valence-corrected chi connectivity index (χ1v) is 10.3. The maximum atomic E-state index is 12.8. The number of ether oxygens (including phenoxy) is 1. The van der Waals surface area contributed by atoms with Gasteiger partial charge in [0.2, 0.25) is 5.95 Å². The maximum absolute atomic E-state index is 12.8. The first-order valence-electron chi connectivity index (χ1n) is 9.56. The van der Waals surface area contributed by atoms with Crippen LogP contribution >= 0.6 is 23.2 Å². The smallest absolute Gasteiger partial charge is 0.258 e. The van der Waals surface area contributed by atoms with Gasteiger partial charge in [0.1, 0.15) is 0 Å². The van der Waals surface area contributed by atoms with Gasteiger partial charge in [0, 0.05) is 31.2 Å². The van der Waals surface area contributed by atoms with Crippen molar-refractivity contribution in [1.29, 1.82) is 0 Å². The minimum absolute atomic E-state index is 0.275. The van der Waals surface area contributed by atoms with Gasteiger partial charge in [-0.3, -0.25) is 15.0 Å². The van der Waals surface area contributed by atoms with Gasteiger partial charge in [-0.05, 0) is 37.3 Å². The number of amides is 1. The number of anilines is 1. The molecule has 0 spiro atoms. The summed E-state index contributed by atoms with van der Waals surface area (Å²) in [6, 6.07) is 13.0. The molecular weight excluding hydrogens is 411 g/mol. The molecule has 1 aliphatic heterocycles. The van der Waals surface area contributed by atoms with E-state index in [1.165, 1.54) is 0 Å². The molecule has 1 saturated heterocycles. The standard InChI is InChI=1S/C21H22Cl2N4O2/c1-14(26-8-10-29-11-9-26)13-27-19-5-3-2-4-18(19)24-21(27)25-20(28)15-6-7-16(22)17(23)12-15/h2-7,12,14H,8-11,13H2,1H3,(H,24,25,28). The van der Waals surface area contributed by atoms with Crippen LogP contribution in [0.1, 0.15) is 17.3 Å². The molecule has 0 bridgehead atoms. The minimum Gasteiger partial charge on any atom is -0.379 e. The quantitative estimate of drug-likeness (QED) is 0.652. The first-order chi connectivity index (χ1) is 14.0. The lowest BCUT2D eigenvalue weighted by atomic mass is 10.2. The van der Waals surface area contributed by atoms with E-state index in [4.69, 9.17) is 27.9 Å². The zero-order valence-electron chi connectivity index (χ0n) is 16.1. The topological polar surface area (TPSA) is 59.4 Å². The molecule has 4 rings (SSSR count). The number of morpholine rings is 1. The van der Waals surface area contributed by atoms with Crippen molar-refractivity contribution >= 4 is 46.1 Å². The SMILES string of the molecule is CC(Cn1c(NC(=O)c2ccc(Cl)c(Cl)c2)nc2ccccc21)N1CCOCC1.